The molecule has 2 aliphatic rings. The molecular formula is C18H25N5O4S. The molecule has 28 heavy (non-hydrogen) atoms. The van der Waals surface area contributed by atoms with E-state index >= 15 is 0 Å². The van der Waals surface area contributed by atoms with Crippen LogP contribution in [0.15, 0.2) is 36.5 Å². The van der Waals surface area contributed by atoms with Crippen LogP contribution in [0.3, 0.4) is 0 Å². The average Bonchev–Trinajstić information content (AvgIpc) is 3.32. The summed E-state index contributed by atoms with van der Waals surface area (Å²) in [6, 6.07) is 8.58. The number of rotatable bonds is 7. The lowest BCUT2D eigenvalue weighted by atomic mass is 10.1. The van der Waals surface area contributed by atoms with Gasteiger partial charge in [-0.3, -0.25) is 0 Å². The van der Waals surface area contributed by atoms with E-state index in [0.717, 1.165) is 11.3 Å². The van der Waals surface area contributed by atoms with Gasteiger partial charge in [-0.15, -0.1) is 5.10 Å². The largest absolute Gasteiger partial charge is 0.371 e. The van der Waals surface area contributed by atoms with Crippen molar-refractivity contribution in [3.8, 4) is 0 Å². The van der Waals surface area contributed by atoms with E-state index in [1.165, 1.54) is 0 Å². The molecular weight excluding hydrogens is 382 g/mol. The maximum atomic E-state index is 12.5. The molecule has 1 N–H and O–H groups in total. The third kappa shape index (κ3) is 4.26. The van der Waals surface area contributed by atoms with E-state index in [9.17, 15) is 8.42 Å². The van der Waals surface area contributed by atoms with Crippen LogP contribution in [0.25, 0.3) is 0 Å². The van der Waals surface area contributed by atoms with Crippen LogP contribution in [0, 0.1) is 0 Å². The van der Waals surface area contributed by atoms with Gasteiger partial charge in [0.2, 0.25) is 10.0 Å². The highest BCUT2D eigenvalue weighted by Crippen LogP contribution is 2.34. The maximum absolute atomic E-state index is 12.5. The predicted molar refractivity (Wildman–Crippen MR) is 102 cm³/mol. The number of ether oxygens (including phenoxy) is 2. The van der Waals surface area contributed by atoms with Crippen molar-refractivity contribution >= 4 is 10.0 Å². The fourth-order valence-corrected chi connectivity index (χ4v) is 5.12. The van der Waals surface area contributed by atoms with Crippen LogP contribution in [-0.2, 0) is 31.8 Å². The molecule has 3 heterocycles. The zero-order chi connectivity index (χ0) is 19.7. The van der Waals surface area contributed by atoms with Gasteiger partial charge in [-0.2, -0.15) is 0 Å². The van der Waals surface area contributed by atoms with E-state index in [-0.39, 0.29) is 30.6 Å². The van der Waals surface area contributed by atoms with Gasteiger partial charge in [0.1, 0.15) is 18.2 Å². The quantitative estimate of drug-likeness (QED) is 0.698. The fraction of sp³-hybridized carbons (Fsp3) is 0.556. The van der Waals surface area contributed by atoms with Gasteiger partial charge < -0.3 is 14.4 Å². The Morgan fingerprint density at radius 2 is 1.93 bits per heavy atom. The summed E-state index contributed by atoms with van der Waals surface area (Å²) in [5, 5.41) is 8.40. The van der Waals surface area contributed by atoms with Crippen molar-refractivity contribution in [2.24, 2.45) is 0 Å². The minimum absolute atomic E-state index is 0.0673. The highest BCUT2D eigenvalue weighted by atomic mass is 32.2. The maximum Gasteiger partial charge on any atom is 0.216 e. The molecule has 2 aromatic rings. The summed E-state index contributed by atoms with van der Waals surface area (Å²) in [6.45, 7) is 1.39. The molecule has 2 saturated heterocycles. The van der Waals surface area contributed by atoms with E-state index in [1.54, 1.807) is 16.8 Å². The molecule has 152 valence electrons. The number of nitrogens with one attached hydrogen (secondary N) is 1. The number of nitrogens with zero attached hydrogens (tertiary/aromatic N) is 4. The van der Waals surface area contributed by atoms with Crippen LogP contribution in [0.4, 0.5) is 0 Å². The summed E-state index contributed by atoms with van der Waals surface area (Å²) in [7, 11) is 0.446. The van der Waals surface area contributed by atoms with Crippen LogP contribution in [0.5, 0.6) is 0 Å². The second-order valence-electron chi connectivity index (χ2n) is 7.56. The zero-order valence-electron chi connectivity index (χ0n) is 15.9. The van der Waals surface area contributed by atoms with E-state index in [1.807, 2.05) is 43.4 Å². The third-order valence-electron chi connectivity index (χ3n) is 4.93. The van der Waals surface area contributed by atoms with Crippen LogP contribution >= 0.6 is 0 Å². The van der Waals surface area contributed by atoms with Gasteiger partial charge in [0.15, 0.2) is 0 Å². The molecule has 0 bridgehead atoms. The molecule has 1 aromatic carbocycles. The predicted octanol–water partition coefficient (Wildman–Crippen LogP) is 0.167. The fourth-order valence-electron chi connectivity index (χ4n) is 3.74. The number of hydrogen-bond donors (Lipinski definition) is 1. The molecule has 0 spiro atoms. The molecule has 0 saturated carbocycles. The second-order valence-corrected chi connectivity index (χ2v) is 9.31. The first-order chi connectivity index (χ1) is 13.4. The van der Waals surface area contributed by atoms with Crippen molar-refractivity contribution < 1.29 is 17.9 Å². The average molecular weight is 407 g/mol. The summed E-state index contributed by atoms with van der Waals surface area (Å²) in [6.07, 6.45) is 1.31. The SMILES string of the molecule is CN(C)Cc1cn([C@@H]2CO[C@@H]3[C@@H]2OC[C@@H]3NS(=O)(=O)Cc2ccccc2)nn1. The molecule has 1 aromatic heterocycles. The summed E-state index contributed by atoms with van der Waals surface area (Å²) in [5.74, 6) is -0.0673. The number of sulfonamides is 1. The molecule has 10 heteroatoms. The lowest BCUT2D eigenvalue weighted by Crippen LogP contribution is -2.44. The Morgan fingerprint density at radius 1 is 1.18 bits per heavy atom. The molecule has 9 nitrogen and oxygen atoms in total. The number of benzene rings is 1. The summed E-state index contributed by atoms with van der Waals surface area (Å²) < 4.78 is 41.4. The molecule has 0 amide bonds. The van der Waals surface area contributed by atoms with Crippen molar-refractivity contribution in [3.05, 3.63) is 47.8 Å². The summed E-state index contributed by atoms with van der Waals surface area (Å²) in [4.78, 5) is 2.02. The molecule has 0 aliphatic carbocycles. The van der Waals surface area contributed by atoms with E-state index in [2.05, 4.69) is 15.0 Å². The normalized spacial score (nSPS) is 27.4. The van der Waals surface area contributed by atoms with Crippen LogP contribution in [0.2, 0.25) is 0 Å². The second kappa shape index (κ2) is 7.88. The Bertz CT molecular complexity index is 902. The Labute approximate surface area is 164 Å². The Hall–Kier alpha value is -1.85. The highest BCUT2D eigenvalue weighted by Gasteiger charge is 2.49. The van der Waals surface area contributed by atoms with Gasteiger partial charge in [-0.1, -0.05) is 35.5 Å². The number of aromatic nitrogens is 3. The van der Waals surface area contributed by atoms with Gasteiger partial charge in [0.25, 0.3) is 0 Å². The summed E-state index contributed by atoms with van der Waals surface area (Å²) >= 11 is 0. The smallest absolute Gasteiger partial charge is 0.216 e. The van der Waals surface area contributed by atoms with E-state index < -0.39 is 16.1 Å². The molecule has 0 unspecified atom stereocenters. The first-order valence-corrected chi connectivity index (χ1v) is 10.9. The monoisotopic (exact) mass is 407 g/mol. The molecule has 2 aliphatic heterocycles. The first kappa shape index (κ1) is 19.5. The van der Waals surface area contributed by atoms with Crippen molar-refractivity contribution in [1.82, 2.24) is 24.6 Å². The number of fused-ring (bicyclic) bond motifs is 1. The first-order valence-electron chi connectivity index (χ1n) is 9.24. The third-order valence-corrected chi connectivity index (χ3v) is 6.31. The van der Waals surface area contributed by atoms with E-state index in [4.69, 9.17) is 9.47 Å². The highest BCUT2D eigenvalue weighted by molar-refractivity contribution is 7.88. The van der Waals surface area contributed by atoms with Crippen LogP contribution in [-0.4, -0.2) is 73.9 Å². The lowest BCUT2D eigenvalue weighted by molar-refractivity contribution is 0.0624. The Morgan fingerprint density at radius 3 is 2.68 bits per heavy atom. The van der Waals surface area contributed by atoms with Crippen LogP contribution in [0.1, 0.15) is 17.3 Å². The Kier molecular flexibility index (Phi) is 5.48. The van der Waals surface area contributed by atoms with Crippen molar-refractivity contribution in [2.45, 2.75) is 36.6 Å². The van der Waals surface area contributed by atoms with Gasteiger partial charge in [-0.05, 0) is 19.7 Å². The van der Waals surface area contributed by atoms with Crippen molar-refractivity contribution in [3.63, 3.8) is 0 Å². The van der Waals surface area contributed by atoms with Gasteiger partial charge in [0.05, 0.1) is 36.9 Å². The van der Waals surface area contributed by atoms with Crippen molar-refractivity contribution in [2.75, 3.05) is 27.3 Å². The number of hydrogen-bond acceptors (Lipinski definition) is 7. The minimum Gasteiger partial charge on any atom is -0.371 e. The van der Waals surface area contributed by atoms with Crippen molar-refractivity contribution in [1.29, 1.82) is 0 Å². The zero-order valence-corrected chi connectivity index (χ0v) is 16.7. The molecule has 4 rings (SSSR count). The van der Waals surface area contributed by atoms with E-state index in [0.29, 0.717) is 13.2 Å². The van der Waals surface area contributed by atoms with Gasteiger partial charge in [-0.25, -0.2) is 17.8 Å². The lowest BCUT2D eigenvalue weighted by Gasteiger charge is -2.18. The molecule has 0 radical (unpaired) electrons. The van der Waals surface area contributed by atoms with Gasteiger partial charge >= 0.3 is 0 Å². The van der Waals surface area contributed by atoms with Gasteiger partial charge in [0, 0.05) is 6.54 Å². The standard InChI is InChI=1S/C18H25N5O4S/c1-22(2)8-14-9-23(21-19-14)16-11-27-17-15(10-26-18(16)17)20-28(24,25)12-13-6-4-3-5-7-13/h3-7,9,15-18,20H,8,10-12H2,1-2H3/t15-,16+,17-,18+/m0/s1. The van der Waals surface area contributed by atoms with Crippen LogP contribution < -0.4 is 4.72 Å². The Balaban J connectivity index is 1.40. The minimum atomic E-state index is -3.50. The molecule has 2 fully saturated rings. The molecule has 4 atom stereocenters. The topological polar surface area (TPSA) is 98.6 Å². The summed E-state index contributed by atoms with van der Waals surface area (Å²) in [5.41, 5.74) is 1.61.